The number of benzene rings is 2. The molecule has 0 aliphatic heterocycles. The zero-order chi connectivity index (χ0) is 17.5. The molecule has 2 N–H and O–H groups in total. The van der Waals surface area contributed by atoms with Crippen molar-refractivity contribution in [1.82, 2.24) is 5.32 Å². The van der Waals surface area contributed by atoms with Gasteiger partial charge in [0, 0.05) is 32.0 Å². The van der Waals surface area contributed by atoms with Crippen molar-refractivity contribution in [1.29, 1.82) is 0 Å². The zero-order valence-corrected chi connectivity index (χ0v) is 14.4. The molecule has 2 rings (SSSR count). The van der Waals surface area contributed by atoms with Gasteiger partial charge in [-0.2, -0.15) is 0 Å². The number of urea groups is 1. The van der Waals surface area contributed by atoms with Crippen LogP contribution in [0.4, 0.5) is 16.2 Å². The number of amides is 2. The maximum atomic E-state index is 12.1. The Hall–Kier alpha value is -2.89. The van der Waals surface area contributed by atoms with Gasteiger partial charge in [0.2, 0.25) is 0 Å². The van der Waals surface area contributed by atoms with Crippen LogP contribution in [0.2, 0.25) is 0 Å². The maximum Gasteiger partial charge on any atom is 0.319 e. The predicted octanol–water partition coefficient (Wildman–Crippen LogP) is 3.09. The third kappa shape index (κ3) is 4.55. The molecule has 24 heavy (non-hydrogen) atoms. The number of anilines is 2. The standard InChI is InChI=1S/C18H23N3O3/c1-21(2)15-7-5-6-14(11-15)20-18(22)19-12-13-8-9-16(23-3)17(10-13)24-4/h5-11H,12H2,1-4H3,(H2,19,20,22). The van der Waals surface area contributed by atoms with Crippen molar-refractivity contribution < 1.29 is 14.3 Å². The van der Waals surface area contributed by atoms with Crippen LogP contribution >= 0.6 is 0 Å². The molecule has 0 fully saturated rings. The summed E-state index contributed by atoms with van der Waals surface area (Å²) < 4.78 is 10.5. The van der Waals surface area contributed by atoms with Gasteiger partial charge in [0.15, 0.2) is 11.5 Å². The second kappa shape index (κ2) is 8.10. The number of nitrogens with one attached hydrogen (secondary N) is 2. The summed E-state index contributed by atoms with van der Waals surface area (Å²) in [6, 6.07) is 12.9. The first-order chi connectivity index (χ1) is 11.5. The molecule has 0 aromatic heterocycles. The van der Waals surface area contributed by atoms with Gasteiger partial charge in [0.1, 0.15) is 0 Å². The summed E-state index contributed by atoms with van der Waals surface area (Å²) in [6.45, 7) is 0.388. The predicted molar refractivity (Wildman–Crippen MR) is 96.2 cm³/mol. The lowest BCUT2D eigenvalue weighted by Crippen LogP contribution is -2.28. The van der Waals surface area contributed by atoms with Crippen molar-refractivity contribution in [3.63, 3.8) is 0 Å². The topological polar surface area (TPSA) is 62.8 Å². The van der Waals surface area contributed by atoms with E-state index in [4.69, 9.17) is 9.47 Å². The summed E-state index contributed by atoms with van der Waals surface area (Å²) in [4.78, 5) is 14.0. The summed E-state index contributed by atoms with van der Waals surface area (Å²) in [5.74, 6) is 1.29. The van der Waals surface area contributed by atoms with Crippen molar-refractivity contribution in [3.05, 3.63) is 48.0 Å². The van der Waals surface area contributed by atoms with Gasteiger partial charge in [-0.1, -0.05) is 12.1 Å². The highest BCUT2D eigenvalue weighted by Gasteiger charge is 2.07. The number of nitrogens with zero attached hydrogens (tertiary/aromatic N) is 1. The second-order valence-electron chi connectivity index (χ2n) is 5.44. The number of hydrogen-bond acceptors (Lipinski definition) is 4. The van der Waals surface area contributed by atoms with Crippen LogP contribution in [-0.2, 0) is 6.54 Å². The molecule has 0 radical (unpaired) electrons. The van der Waals surface area contributed by atoms with Crippen molar-refractivity contribution >= 4 is 17.4 Å². The third-order valence-electron chi connectivity index (χ3n) is 3.52. The summed E-state index contributed by atoms with van der Waals surface area (Å²) >= 11 is 0. The Bertz CT molecular complexity index is 702. The SMILES string of the molecule is COc1ccc(CNC(=O)Nc2cccc(N(C)C)c2)cc1OC. The van der Waals surface area contributed by atoms with Gasteiger partial charge in [-0.05, 0) is 35.9 Å². The van der Waals surface area contributed by atoms with E-state index in [9.17, 15) is 4.79 Å². The van der Waals surface area contributed by atoms with Crippen molar-refractivity contribution in [2.75, 3.05) is 38.5 Å². The Morgan fingerprint density at radius 2 is 1.79 bits per heavy atom. The van der Waals surface area contributed by atoms with Crippen LogP contribution < -0.4 is 25.0 Å². The lowest BCUT2D eigenvalue weighted by atomic mass is 10.2. The molecule has 0 saturated heterocycles. The van der Waals surface area contributed by atoms with Crippen LogP contribution in [0.1, 0.15) is 5.56 Å². The normalized spacial score (nSPS) is 10.0. The number of hydrogen-bond donors (Lipinski definition) is 2. The van der Waals surface area contributed by atoms with Crippen LogP contribution in [-0.4, -0.2) is 34.3 Å². The van der Waals surface area contributed by atoms with Gasteiger partial charge in [-0.25, -0.2) is 4.79 Å². The quantitative estimate of drug-likeness (QED) is 0.855. The summed E-state index contributed by atoms with van der Waals surface area (Å²) in [7, 11) is 7.08. The summed E-state index contributed by atoms with van der Waals surface area (Å²) in [5, 5.41) is 5.65. The zero-order valence-electron chi connectivity index (χ0n) is 14.4. The van der Waals surface area contributed by atoms with E-state index in [1.807, 2.05) is 61.5 Å². The smallest absolute Gasteiger partial charge is 0.319 e. The minimum atomic E-state index is -0.263. The van der Waals surface area contributed by atoms with E-state index in [2.05, 4.69) is 10.6 Å². The van der Waals surface area contributed by atoms with Crippen LogP contribution in [0.5, 0.6) is 11.5 Å². The first-order valence-corrected chi connectivity index (χ1v) is 7.56. The van der Waals surface area contributed by atoms with E-state index < -0.39 is 0 Å². The van der Waals surface area contributed by atoms with E-state index in [0.29, 0.717) is 18.0 Å². The molecule has 0 atom stereocenters. The van der Waals surface area contributed by atoms with E-state index >= 15 is 0 Å². The van der Waals surface area contributed by atoms with Crippen molar-refractivity contribution in [2.45, 2.75) is 6.54 Å². The monoisotopic (exact) mass is 329 g/mol. The van der Waals surface area contributed by atoms with Crippen LogP contribution in [0.3, 0.4) is 0 Å². The number of methoxy groups -OCH3 is 2. The highest BCUT2D eigenvalue weighted by Crippen LogP contribution is 2.27. The van der Waals surface area contributed by atoms with Crippen LogP contribution in [0, 0.1) is 0 Å². The van der Waals surface area contributed by atoms with E-state index in [1.165, 1.54) is 0 Å². The van der Waals surface area contributed by atoms with Crippen molar-refractivity contribution in [2.24, 2.45) is 0 Å². The van der Waals surface area contributed by atoms with E-state index in [-0.39, 0.29) is 6.03 Å². The lowest BCUT2D eigenvalue weighted by Gasteiger charge is -2.14. The van der Waals surface area contributed by atoms with Gasteiger partial charge in [-0.3, -0.25) is 0 Å². The molecule has 0 unspecified atom stereocenters. The van der Waals surface area contributed by atoms with Gasteiger partial charge in [0.05, 0.1) is 14.2 Å². The van der Waals surface area contributed by atoms with Gasteiger partial charge in [-0.15, -0.1) is 0 Å². The van der Waals surface area contributed by atoms with Crippen LogP contribution in [0.15, 0.2) is 42.5 Å². The van der Waals surface area contributed by atoms with Gasteiger partial charge in [0.25, 0.3) is 0 Å². The first kappa shape index (κ1) is 17.5. The molecule has 0 spiro atoms. The van der Waals surface area contributed by atoms with E-state index in [1.54, 1.807) is 14.2 Å². The Morgan fingerprint density at radius 3 is 2.46 bits per heavy atom. The van der Waals surface area contributed by atoms with Crippen molar-refractivity contribution in [3.8, 4) is 11.5 Å². The van der Waals surface area contributed by atoms with Crippen LogP contribution in [0.25, 0.3) is 0 Å². The van der Waals surface area contributed by atoms with Gasteiger partial charge < -0.3 is 25.0 Å². The Balaban J connectivity index is 1.95. The molecule has 0 aliphatic rings. The molecule has 0 heterocycles. The minimum Gasteiger partial charge on any atom is -0.493 e. The van der Waals surface area contributed by atoms with Gasteiger partial charge >= 0.3 is 6.03 Å². The number of rotatable bonds is 6. The average molecular weight is 329 g/mol. The highest BCUT2D eigenvalue weighted by atomic mass is 16.5. The number of ether oxygens (including phenoxy) is 2. The molecule has 2 aromatic carbocycles. The molecule has 128 valence electrons. The largest absolute Gasteiger partial charge is 0.493 e. The summed E-state index contributed by atoms with van der Waals surface area (Å²) in [5.41, 5.74) is 2.68. The summed E-state index contributed by atoms with van der Waals surface area (Å²) in [6.07, 6.45) is 0. The third-order valence-corrected chi connectivity index (χ3v) is 3.52. The number of carbonyl (C=O) groups is 1. The molecule has 6 nitrogen and oxygen atoms in total. The fraction of sp³-hybridized carbons (Fsp3) is 0.278. The highest BCUT2D eigenvalue weighted by molar-refractivity contribution is 5.89. The molecule has 2 amide bonds. The average Bonchev–Trinajstić information content (AvgIpc) is 2.59. The Labute approximate surface area is 142 Å². The molecular weight excluding hydrogens is 306 g/mol. The Morgan fingerprint density at radius 1 is 1.04 bits per heavy atom. The molecule has 0 saturated carbocycles. The van der Waals surface area contributed by atoms with E-state index in [0.717, 1.165) is 16.9 Å². The fourth-order valence-electron chi connectivity index (χ4n) is 2.21. The number of carbonyl (C=O) groups excluding carboxylic acids is 1. The molecule has 6 heteroatoms. The first-order valence-electron chi connectivity index (χ1n) is 7.56. The fourth-order valence-corrected chi connectivity index (χ4v) is 2.21. The second-order valence-corrected chi connectivity index (χ2v) is 5.44. The molecule has 0 bridgehead atoms. The molecular formula is C18H23N3O3. The molecule has 2 aromatic rings. The minimum absolute atomic E-state index is 0.263. The lowest BCUT2D eigenvalue weighted by molar-refractivity contribution is 0.251. The Kier molecular flexibility index (Phi) is 5.89. The maximum absolute atomic E-state index is 12.1. The molecule has 0 aliphatic carbocycles.